The van der Waals surface area contributed by atoms with Crippen LogP contribution in [0.4, 0.5) is 0 Å². The summed E-state index contributed by atoms with van der Waals surface area (Å²) in [5.74, 6) is 2.37. The van der Waals surface area contributed by atoms with Gasteiger partial charge in [-0.1, -0.05) is 18.0 Å². The van der Waals surface area contributed by atoms with Crippen LogP contribution in [0, 0.1) is 0 Å². The molecule has 0 amide bonds. The minimum absolute atomic E-state index is 0.542. The molecule has 1 saturated heterocycles. The van der Waals surface area contributed by atoms with Crippen LogP contribution in [0.3, 0.4) is 0 Å². The quantitative estimate of drug-likeness (QED) is 0.825. The van der Waals surface area contributed by atoms with Crippen LogP contribution in [0.5, 0.6) is 0 Å². The number of hydrogen-bond donors (Lipinski definition) is 1. The molecule has 2 aromatic rings. The number of halogens is 1. The lowest BCUT2D eigenvalue weighted by Crippen LogP contribution is -2.03. The van der Waals surface area contributed by atoms with Crippen molar-refractivity contribution in [2.24, 2.45) is 0 Å². The first kappa shape index (κ1) is 10.5. The van der Waals surface area contributed by atoms with Crippen LogP contribution >= 0.6 is 23.4 Å². The first-order chi connectivity index (χ1) is 7.83. The van der Waals surface area contributed by atoms with Crippen molar-refractivity contribution >= 4 is 34.4 Å². The number of H-pyrrole nitrogens is 1. The van der Waals surface area contributed by atoms with E-state index in [1.165, 1.54) is 25.0 Å². The summed E-state index contributed by atoms with van der Waals surface area (Å²) in [6.45, 7) is 0. The highest BCUT2D eigenvalue weighted by molar-refractivity contribution is 7.99. The first-order valence-electron chi connectivity index (χ1n) is 5.60. The van der Waals surface area contributed by atoms with Crippen LogP contribution in [0.25, 0.3) is 11.0 Å². The summed E-state index contributed by atoms with van der Waals surface area (Å²) < 4.78 is 0. The number of nitrogens with zero attached hydrogens (tertiary/aromatic N) is 1. The second kappa shape index (κ2) is 4.30. The fraction of sp³-hybridized carbons (Fsp3) is 0.417. The normalized spacial score (nSPS) is 21.4. The maximum atomic E-state index is 5.96. The zero-order valence-corrected chi connectivity index (χ0v) is 10.4. The predicted octanol–water partition coefficient (Wildman–Crippen LogP) is 4.17. The van der Waals surface area contributed by atoms with Crippen molar-refractivity contribution in [2.45, 2.75) is 24.5 Å². The molecule has 16 heavy (non-hydrogen) atoms. The van der Waals surface area contributed by atoms with Gasteiger partial charge in [0.2, 0.25) is 0 Å². The van der Waals surface area contributed by atoms with Crippen LogP contribution in [-0.4, -0.2) is 15.7 Å². The van der Waals surface area contributed by atoms with Crippen LogP contribution in [0.15, 0.2) is 18.2 Å². The molecule has 1 N–H and O–H groups in total. The molecule has 1 aromatic carbocycles. The van der Waals surface area contributed by atoms with Gasteiger partial charge in [-0.05, 0) is 36.8 Å². The standard InChI is InChI=1S/C12H13ClN2S/c13-8-4-5-9-10(7-8)15-12(14-9)11-3-1-2-6-16-11/h4-5,7,11H,1-3,6H2,(H,14,15). The van der Waals surface area contributed by atoms with Gasteiger partial charge in [0.1, 0.15) is 5.82 Å². The van der Waals surface area contributed by atoms with E-state index in [-0.39, 0.29) is 0 Å². The molecule has 1 atom stereocenters. The number of aromatic amines is 1. The maximum Gasteiger partial charge on any atom is 0.120 e. The second-order valence-electron chi connectivity index (χ2n) is 4.14. The molecule has 1 aromatic heterocycles. The monoisotopic (exact) mass is 252 g/mol. The smallest absolute Gasteiger partial charge is 0.120 e. The first-order valence-corrected chi connectivity index (χ1v) is 7.02. The third-order valence-electron chi connectivity index (χ3n) is 2.95. The van der Waals surface area contributed by atoms with Crippen molar-refractivity contribution in [1.29, 1.82) is 0 Å². The Labute approximate surface area is 104 Å². The lowest BCUT2D eigenvalue weighted by Gasteiger charge is -2.18. The van der Waals surface area contributed by atoms with Crippen molar-refractivity contribution < 1.29 is 0 Å². The van der Waals surface area contributed by atoms with Crippen molar-refractivity contribution in [1.82, 2.24) is 9.97 Å². The van der Waals surface area contributed by atoms with E-state index in [0.717, 1.165) is 21.9 Å². The summed E-state index contributed by atoms with van der Waals surface area (Å²) in [6, 6.07) is 5.81. The molecule has 3 rings (SSSR count). The zero-order chi connectivity index (χ0) is 11.0. The molecule has 0 spiro atoms. The molecule has 1 unspecified atom stereocenters. The largest absolute Gasteiger partial charge is 0.341 e. The molecule has 0 radical (unpaired) electrons. The van der Waals surface area contributed by atoms with Gasteiger partial charge >= 0.3 is 0 Å². The highest BCUT2D eigenvalue weighted by atomic mass is 35.5. The van der Waals surface area contributed by atoms with Crippen LogP contribution in [0.1, 0.15) is 30.3 Å². The van der Waals surface area contributed by atoms with E-state index >= 15 is 0 Å². The minimum Gasteiger partial charge on any atom is -0.341 e. The van der Waals surface area contributed by atoms with Crippen molar-refractivity contribution in [2.75, 3.05) is 5.75 Å². The Balaban J connectivity index is 1.97. The lowest BCUT2D eigenvalue weighted by atomic mass is 10.2. The van der Waals surface area contributed by atoms with Crippen molar-refractivity contribution in [3.63, 3.8) is 0 Å². The Bertz CT molecular complexity index is 503. The van der Waals surface area contributed by atoms with Gasteiger partial charge in [0.15, 0.2) is 0 Å². The highest BCUT2D eigenvalue weighted by Crippen LogP contribution is 2.37. The number of thioether (sulfide) groups is 1. The highest BCUT2D eigenvalue weighted by Gasteiger charge is 2.19. The molecule has 4 heteroatoms. The van der Waals surface area contributed by atoms with Gasteiger partial charge in [0, 0.05) is 5.02 Å². The van der Waals surface area contributed by atoms with E-state index in [1.54, 1.807) is 0 Å². The van der Waals surface area contributed by atoms with Gasteiger partial charge in [-0.3, -0.25) is 0 Å². The number of aromatic nitrogens is 2. The van der Waals surface area contributed by atoms with Crippen LogP contribution in [0.2, 0.25) is 5.02 Å². The second-order valence-corrected chi connectivity index (χ2v) is 5.89. The third-order valence-corrected chi connectivity index (χ3v) is 4.57. The van der Waals surface area contributed by atoms with Gasteiger partial charge in [-0.15, -0.1) is 0 Å². The van der Waals surface area contributed by atoms with Crippen LogP contribution < -0.4 is 0 Å². The van der Waals surface area contributed by atoms with Gasteiger partial charge in [-0.2, -0.15) is 11.8 Å². The van der Waals surface area contributed by atoms with Gasteiger partial charge in [-0.25, -0.2) is 4.98 Å². The SMILES string of the molecule is Clc1ccc2nc(C3CCCCS3)[nH]c2c1. The number of nitrogens with one attached hydrogen (secondary N) is 1. The molecule has 0 bridgehead atoms. The summed E-state index contributed by atoms with van der Waals surface area (Å²) in [6.07, 6.45) is 3.89. The maximum absolute atomic E-state index is 5.96. The average molecular weight is 253 g/mol. The van der Waals surface area contributed by atoms with E-state index in [1.807, 2.05) is 30.0 Å². The molecule has 84 valence electrons. The number of rotatable bonds is 1. The average Bonchev–Trinajstić information content (AvgIpc) is 2.73. The Kier molecular flexibility index (Phi) is 2.82. The minimum atomic E-state index is 0.542. The van der Waals surface area contributed by atoms with Gasteiger partial charge in [0.25, 0.3) is 0 Å². The number of benzene rings is 1. The van der Waals surface area contributed by atoms with Gasteiger partial charge in [0.05, 0.1) is 16.3 Å². The molecule has 1 aliphatic rings. The van der Waals surface area contributed by atoms with Gasteiger partial charge < -0.3 is 4.98 Å². The summed E-state index contributed by atoms with van der Waals surface area (Å²) in [5.41, 5.74) is 2.07. The topological polar surface area (TPSA) is 28.7 Å². The van der Waals surface area contributed by atoms with Crippen LogP contribution in [-0.2, 0) is 0 Å². The van der Waals surface area contributed by atoms with E-state index in [0.29, 0.717) is 5.25 Å². The summed E-state index contributed by atoms with van der Waals surface area (Å²) in [5, 5.41) is 1.30. The summed E-state index contributed by atoms with van der Waals surface area (Å²) in [7, 11) is 0. The number of fused-ring (bicyclic) bond motifs is 1. The molecule has 1 aliphatic heterocycles. The fourth-order valence-corrected chi connectivity index (χ4v) is 3.54. The number of hydrogen-bond acceptors (Lipinski definition) is 2. The molecule has 1 fully saturated rings. The summed E-state index contributed by atoms with van der Waals surface area (Å²) in [4.78, 5) is 8.03. The van der Waals surface area contributed by atoms with E-state index in [4.69, 9.17) is 11.6 Å². The Morgan fingerprint density at radius 3 is 3.12 bits per heavy atom. The van der Waals surface area contributed by atoms with Crippen molar-refractivity contribution in [3.8, 4) is 0 Å². The molecular formula is C12H13ClN2S. The Morgan fingerprint density at radius 1 is 1.38 bits per heavy atom. The van der Waals surface area contributed by atoms with E-state index in [2.05, 4.69) is 9.97 Å². The Hall–Kier alpha value is -0.670. The molecular weight excluding hydrogens is 240 g/mol. The molecule has 2 nitrogen and oxygen atoms in total. The lowest BCUT2D eigenvalue weighted by molar-refractivity contribution is 0.668. The number of imidazole rings is 1. The van der Waals surface area contributed by atoms with E-state index < -0.39 is 0 Å². The summed E-state index contributed by atoms with van der Waals surface area (Å²) >= 11 is 7.97. The third kappa shape index (κ3) is 1.94. The molecule has 0 aliphatic carbocycles. The fourth-order valence-electron chi connectivity index (χ4n) is 2.11. The van der Waals surface area contributed by atoms with Crippen molar-refractivity contribution in [3.05, 3.63) is 29.0 Å². The molecule has 2 heterocycles. The Morgan fingerprint density at radius 2 is 2.31 bits per heavy atom. The predicted molar refractivity (Wildman–Crippen MR) is 70.2 cm³/mol. The van der Waals surface area contributed by atoms with E-state index in [9.17, 15) is 0 Å². The zero-order valence-electron chi connectivity index (χ0n) is 8.87. The molecule has 0 saturated carbocycles.